The van der Waals surface area contributed by atoms with Gasteiger partial charge in [0.25, 0.3) is 0 Å². The molecule has 0 bridgehead atoms. The predicted molar refractivity (Wildman–Crippen MR) is 93.2 cm³/mol. The molecule has 1 N–H and O–H groups in total. The Balaban J connectivity index is 1.48. The number of amides is 1. The van der Waals surface area contributed by atoms with Gasteiger partial charge in [-0.1, -0.05) is 19.8 Å². The molecule has 1 aromatic rings. The Bertz CT molecular complexity index is 671. The first-order valence-electron chi connectivity index (χ1n) is 8.67. The van der Waals surface area contributed by atoms with Crippen molar-refractivity contribution in [3.8, 4) is 5.75 Å². The van der Waals surface area contributed by atoms with Crippen LogP contribution >= 0.6 is 0 Å². The van der Waals surface area contributed by atoms with E-state index in [0.717, 1.165) is 18.4 Å². The number of rotatable bonds is 6. The Hall–Kier alpha value is -2.37. The van der Waals surface area contributed by atoms with Gasteiger partial charge in [-0.3, -0.25) is 4.79 Å². The van der Waals surface area contributed by atoms with Gasteiger partial charge in [0.1, 0.15) is 5.75 Å². The number of nitrogens with one attached hydrogen (secondary N) is 1. The lowest BCUT2D eigenvalue weighted by Crippen LogP contribution is -2.22. The molecule has 2 aliphatic carbocycles. The van der Waals surface area contributed by atoms with Crippen LogP contribution in [0.5, 0.6) is 5.75 Å². The van der Waals surface area contributed by atoms with Gasteiger partial charge in [-0.25, -0.2) is 10.2 Å². The first kappa shape index (κ1) is 17.5. The van der Waals surface area contributed by atoms with E-state index in [1.165, 1.54) is 20.0 Å². The maximum absolute atomic E-state index is 12.3. The highest BCUT2D eigenvalue weighted by Gasteiger charge is 2.64. The van der Waals surface area contributed by atoms with Gasteiger partial charge in [0, 0.05) is 5.92 Å². The quantitative estimate of drug-likeness (QED) is 0.489. The number of hydrazone groups is 1. The van der Waals surface area contributed by atoms with Crippen molar-refractivity contribution in [2.45, 2.75) is 32.6 Å². The molecule has 25 heavy (non-hydrogen) atoms. The summed E-state index contributed by atoms with van der Waals surface area (Å²) in [5, 5.41) is 4.07. The number of methoxy groups -OCH3 is 1. The largest absolute Gasteiger partial charge is 0.482 e. The van der Waals surface area contributed by atoms with Crippen molar-refractivity contribution in [1.82, 2.24) is 5.43 Å². The van der Waals surface area contributed by atoms with Crippen molar-refractivity contribution in [2.24, 2.45) is 22.4 Å². The van der Waals surface area contributed by atoms with E-state index >= 15 is 0 Å². The monoisotopic (exact) mass is 344 g/mol. The molecule has 6 nitrogen and oxygen atoms in total. The smallest absolute Gasteiger partial charge is 0.343 e. The van der Waals surface area contributed by atoms with Crippen LogP contribution in [0.3, 0.4) is 0 Å². The lowest BCUT2D eigenvalue weighted by Gasteiger charge is -2.15. The number of fused-ring (bicyclic) bond motifs is 1. The Labute approximate surface area is 147 Å². The highest BCUT2D eigenvalue weighted by molar-refractivity contribution is 5.86. The molecule has 3 atom stereocenters. The molecule has 0 aliphatic heterocycles. The number of hydrogen-bond acceptors (Lipinski definition) is 5. The minimum absolute atomic E-state index is 0.0312. The standard InChI is InChI=1S/C19H24N2O4/c1-19-10-4-3-5-15(19)17(19)18(23)21-20-11-13-6-8-14(9-7-13)25-12-16(22)24-2/h6-9,11,15,17H,3-5,10,12H2,1-2H3,(H,21,23)/b20-11-/t15-,17+,19-/m1/s1. The van der Waals surface area contributed by atoms with E-state index in [1.54, 1.807) is 30.5 Å². The van der Waals surface area contributed by atoms with Gasteiger partial charge in [-0.15, -0.1) is 0 Å². The molecule has 0 aromatic heterocycles. The number of carbonyl (C=O) groups is 2. The van der Waals surface area contributed by atoms with Crippen molar-refractivity contribution in [2.75, 3.05) is 13.7 Å². The lowest BCUT2D eigenvalue weighted by atomic mass is 9.90. The number of nitrogens with zero attached hydrogens (tertiary/aromatic N) is 1. The highest BCUT2D eigenvalue weighted by atomic mass is 16.6. The molecule has 1 aromatic carbocycles. The van der Waals surface area contributed by atoms with Gasteiger partial charge in [-0.05, 0) is 54.0 Å². The fraction of sp³-hybridized carbons (Fsp3) is 0.526. The number of carbonyl (C=O) groups excluding carboxylic acids is 2. The van der Waals surface area contributed by atoms with Gasteiger partial charge in [0.2, 0.25) is 5.91 Å². The highest BCUT2D eigenvalue weighted by Crippen LogP contribution is 2.66. The SMILES string of the molecule is COC(=O)COc1ccc(/C=N\NC(=O)[C@@H]2[C@H]3CCCC[C@]32C)cc1. The van der Waals surface area contributed by atoms with Crippen LogP contribution in [-0.2, 0) is 14.3 Å². The molecule has 6 heteroatoms. The van der Waals surface area contributed by atoms with E-state index in [1.807, 2.05) is 0 Å². The normalized spacial score (nSPS) is 27.4. The molecule has 134 valence electrons. The van der Waals surface area contributed by atoms with Crippen molar-refractivity contribution < 1.29 is 19.1 Å². The van der Waals surface area contributed by atoms with E-state index in [-0.39, 0.29) is 23.8 Å². The molecule has 2 saturated carbocycles. The van der Waals surface area contributed by atoms with Crippen LogP contribution < -0.4 is 10.2 Å². The van der Waals surface area contributed by atoms with Crippen LogP contribution in [0.1, 0.15) is 38.2 Å². The Morgan fingerprint density at radius 2 is 2.08 bits per heavy atom. The Kier molecular flexibility index (Phi) is 5.06. The molecule has 2 fully saturated rings. The molecule has 0 heterocycles. The fourth-order valence-corrected chi connectivity index (χ4v) is 3.94. The minimum Gasteiger partial charge on any atom is -0.482 e. The third-order valence-electron chi connectivity index (χ3n) is 5.47. The second kappa shape index (κ2) is 7.25. The molecule has 0 radical (unpaired) electrons. The van der Waals surface area contributed by atoms with Gasteiger partial charge < -0.3 is 9.47 Å². The van der Waals surface area contributed by atoms with Gasteiger partial charge in [0.15, 0.2) is 6.61 Å². The molecule has 2 aliphatic rings. The summed E-state index contributed by atoms with van der Waals surface area (Å²) in [5.41, 5.74) is 3.70. The number of ether oxygens (including phenoxy) is 2. The average Bonchev–Trinajstić information content (AvgIpc) is 3.26. The summed E-state index contributed by atoms with van der Waals surface area (Å²) in [5.74, 6) is 0.817. The summed E-state index contributed by atoms with van der Waals surface area (Å²) in [4.78, 5) is 23.3. The third kappa shape index (κ3) is 3.83. The summed E-state index contributed by atoms with van der Waals surface area (Å²) in [6, 6.07) is 7.09. The lowest BCUT2D eigenvalue weighted by molar-refractivity contribution is -0.142. The summed E-state index contributed by atoms with van der Waals surface area (Å²) in [6.45, 7) is 2.10. The van der Waals surface area contributed by atoms with E-state index in [9.17, 15) is 9.59 Å². The Morgan fingerprint density at radius 1 is 1.32 bits per heavy atom. The molecule has 0 saturated heterocycles. The molecule has 0 spiro atoms. The second-order valence-electron chi connectivity index (χ2n) is 7.00. The molecule has 0 unspecified atom stereocenters. The van der Waals surface area contributed by atoms with E-state index in [0.29, 0.717) is 11.7 Å². The summed E-state index contributed by atoms with van der Waals surface area (Å²) in [6.07, 6.45) is 6.37. The number of esters is 1. The van der Waals surface area contributed by atoms with Crippen LogP contribution in [0.2, 0.25) is 0 Å². The summed E-state index contributed by atoms with van der Waals surface area (Å²) in [7, 11) is 1.32. The van der Waals surface area contributed by atoms with E-state index < -0.39 is 5.97 Å². The van der Waals surface area contributed by atoms with Crippen LogP contribution in [-0.4, -0.2) is 31.8 Å². The fourth-order valence-electron chi connectivity index (χ4n) is 3.94. The molecule has 3 rings (SSSR count). The first-order chi connectivity index (χ1) is 12.0. The van der Waals surface area contributed by atoms with E-state index in [2.05, 4.69) is 22.2 Å². The third-order valence-corrected chi connectivity index (χ3v) is 5.47. The molecular weight excluding hydrogens is 320 g/mol. The zero-order valence-electron chi connectivity index (χ0n) is 14.7. The van der Waals surface area contributed by atoms with Crippen molar-refractivity contribution >= 4 is 18.1 Å². The maximum Gasteiger partial charge on any atom is 0.343 e. The van der Waals surface area contributed by atoms with Gasteiger partial charge >= 0.3 is 5.97 Å². The predicted octanol–water partition coefficient (Wildman–Crippen LogP) is 2.51. The minimum atomic E-state index is -0.428. The number of benzene rings is 1. The van der Waals surface area contributed by atoms with Crippen LogP contribution in [0.4, 0.5) is 0 Å². The first-order valence-corrected chi connectivity index (χ1v) is 8.67. The Morgan fingerprint density at radius 3 is 2.72 bits per heavy atom. The van der Waals surface area contributed by atoms with Gasteiger partial charge in [0.05, 0.1) is 13.3 Å². The zero-order chi connectivity index (χ0) is 17.9. The molecule has 1 amide bonds. The van der Waals surface area contributed by atoms with Crippen LogP contribution in [0, 0.1) is 17.3 Å². The average molecular weight is 344 g/mol. The van der Waals surface area contributed by atoms with Crippen molar-refractivity contribution in [1.29, 1.82) is 0 Å². The topological polar surface area (TPSA) is 77.0 Å². The number of hydrogen-bond donors (Lipinski definition) is 1. The molecular formula is C19H24N2O4. The van der Waals surface area contributed by atoms with Crippen LogP contribution in [0.15, 0.2) is 29.4 Å². The van der Waals surface area contributed by atoms with Crippen molar-refractivity contribution in [3.63, 3.8) is 0 Å². The second-order valence-corrected chi connectivity index (χ2v) is 7.00. The van der Waals surface area contributed by atoms with Gasteiger partial charge in [-0.2, -0.15) is 5.10 Å². The zero-order valence-corrected chi connectivity index (χ0v) is 14.7. The van der Waals surface area contributed by atoms with E-state index in [4.69, 9.17) is 4.74 Å². The summed E-state index contributed by atoms with van der Waals surface area (Å²) >= 11 is 0. The maximum atomic E-state index is 12.3. The summed E-state index contributed by atoms with van der Waals surface area (Å²) < 4.78 is 9.79. The van der Waals surface area contributed by atoms with Crippen molar-refractivity contribution in [3.05, 3.63) is 29.8 Å². The van der Waals surface area contributed by atoms with Crippen LogP contribution in [0.25, 0.3) is 0 Å².